The molecule has 0 saturated heterocycles. The topological polar surface area (TPSA) is 96.4 Å². The lowest BCUT2D eigenvalue weighted by Gasteiger charge is -2.28. The van der Waals surface area contributed by atoms with E-state index in [-0.39, 0.29) is 18.9 Å². The van der Waals surface area contributed by atoms with Crippen LogP contribution in [-0.2, 0) is 20.7 Å². The fraction of sp³-hybridized carbons (Fsp3) is 0.471. The average molecular weight is 352 g/mol. The van der Waals surface area contributed by atoms with E-state index in [1.807, 2.05) is 13.8 Å². The zero-order valence-corrected chi connectivity index (χ0v) is 14.8. The maximum absolute atomic E-state index is 12.1. The van der Waals surface area contributed by atoms with E-state index in [1.165, 1.54) is 14.1 Å². The second kappa shape index (κ2) is 9.51. The van der Waals surface area contributed by atoms with Crippen molar-refractivity contribution < 1.29 is 29.0 Å². The van der Waals surface area contributed by atoms with Crippen LogP contribution in [0.15, 0.2) is 30.3 Å². The van der Waals surface area contributed by atoms with Crippen LogP contribution in [0.4, 0.5) is 9.59 Å². The van der Waals surface area contributed by atoms with Gasteiger partial charge in [-0.2, -0.15) is 0 Å². The molecule has 8 nitrogen and oxygen atoms in total. The number of carbonyl (C=O) groups is 3. The van der Waals surface area contributed by atoms with E-state index >= 15 is 0 Å². The number of carboxylic acids is 1. The van der Waals surface area contributed by atoms with Crippen molar-refractivity contribution >= 4 is 18.2 Å². The molecule has 1 N–H and O–H groups in total. The van der Waals surface area contributed by atoms with E-state index in [1.54, 1.807) is 30.3 Å². The summed E-state index contributed by atoms with van der Waals surface area (Å²) in [4.78, 5) is 35.3. The molecule has 25 heavy (non-hydrogen) atoms. The first kappa shape index (κ1) is 20.3. The largest absolute Gasteiger partial charge is 0.478 e. The highest BCUT2D eigenvalue weighted by atomic mass is 16.6. The molecule has 138 valence electrons. The summed E-state index contributed by atoms with van der Waals surface area (Å²) >= 11 is 0. The molecule has 2 amide bonds. The lowest BCUT2D eigenvalue weighted by molar-refractivity contribution is -0.147. The van der Waals surface area contributed by atoms with Gasteiger partial charge in [0.15, 0.2) is 0 Å². The number of carboxylic acid groups (broad SMARTS) is 1. The third-order valence-corrected chi connectivity index (χ3v) is 3.30. The minimum Gasteiger partial charge on any atom is -0.478 e. The van der Waals surface area contributed by atoms with Gasteiger partial charge in [-0.1, -0.05) is 44.2 Å². The zero-order chi connectivity index (χ0) is 19.0. The molecular weight excluding hydrogens is 328 g/mol. The highest BCUT2D eigenvalue weighted by Crippen LogP contribution is 2.09. The molecular formula is C17H24N2O6. The number of benzene rings is 1. The summed E-state index contributed by atoms with van der Waals surface area (Å²) < 4.78 is 10.0. The first-order valence-electron chi connectivity index (χ1n) is 7.83. The summed E-state index contributed by atoms with van der Waals surface area (Å²) in [5.74, 6) is -1.12. The molecule has 1 aromatic carbocycles. The number of rotatable bonds is 6. The number of amides is 2. The van der Waals surface area contributed by atoms with Crippen LogP contribution in [-0.4, -0.2) is 60.1 Å². The fourth-order valence-corrected chi connectivity index (χ4v) is 1.78. The summed E-state index contributed by atoms with van der Waals surface area (Å²) in [5.41, 5.74) is 0.718. The van der Waals surface area contributed by atoms with E-state index in [9.17, 15) is 19.5 Å². The molecule has 0 heterocycles. The van der Waals surface area contributed by atoms with Gasteiger partial charge in [-0.3, -0.25) is 0 Å². The Kier molecular flexibility index (Phi) is 7.71. The van der Waals surface area contributed by atoms with Crippen LogP contribution < -0.4 is 0 Å². The number of hydrogen-bond acceptors (Lipinski definition) is 5. The fourth-order valence-electron chi connectivity index (χ4n) is 1.78. The Morgan fingerprint density at radius 2 is 1.60 bits per heavy atom. The minimum atomic E-state index is -1.36. The molecule has 0 radical (unpaired) electrons. The standard InChI is InChI=1S/C17H24N2O6/c1-12(2)11-24-16(22)18(3)19(4)17(23)25-14(15(20)21)10-13-8-6-5-7-9-13/h5-9,12,14H,10-11H2,1-4H3,(H,20,21)/t14-/m0/s1. The van der Waals surface area contributed by atoms with Crippen molar-refractivity contribution in [3.8, 4) is 0 Å². The molecule has 0 spiro atoms. The summed E-state index contributed by atoms with van der Waals surface area (Å²) in [6, 6.07) is 8.81. The van der Waals surface area contributed by atoms with Crippen LogP contribution in [0, 0.1) is 5.92 Å². The molecule has 0 saturated carbocycles. The van der Waals surface area contributed by atoms with Gasteiger partial charge in [0.05, 0.1) is 6.61 Å². The quantitative estimate of drug-likeness (QED) is 0.790. The van der Waals surface area contributed by atoms with E-state index in [0.717, 1.165) is 15.6 Å². The highest BCUT2D eigenvalue weighted by molar-refractivity contribution is 5.78. The molecule has 0 unspecified atom stereocenters. The van der Waals surface area contributed by atoms with E-state index in [4.69, 9.17) is 9.47 Å². The number of aliphatic carboxylic acids is 1. The molecule has 1 atom stereocenters. The smallest absolute Gasteiger partial charge is 0.429 e. The number of hydrogen-bond donors (Lipinski definition) is 1. The van der Waals surface area contributed by atoms with Crippen molar-refractivity contribution in [1.82, 2.24) is 10.0 Å². The third kappa shape index (κ3) is 6.70. The monoisotopic (exact) mass is 352 g/mol. The van der Waals surface area contributed by atoms with Gasteiger partial charge in [0, 0.05) is 20.5 Å². The number of carbonyl (C=O) groups excluding carboxylic acids is 2. The zero-order valence-electron chi connectivity index (χ0n) is 14.8. The molecule has 8 heteroatoms. The summed E-state index contributed by atoms with van der Waals surface area (Å²) in [7, 11) is 2.62. The van der Waals surface area contributed by atoms with Gasteiger partial charge in [0.25, 0.3) is 0 Å². The maximum atomic E-state index is 12.1. The van der Waals surface area contributed by atoms with Crippen LogP contribution in [0.5, 0.6) is 0 Å². The van der Waals surface area contributed by atoms with E-state index in [2.05, 4.69) is 0 Å². The maximum Gasteiger partial charge on any atom is 0.429 e. The van der Waals surface area contributed by atoms with Crippen molar-refractivity contribution in [2.75, 3.05) is 20.7 Å². The molecule has 0 aromatic heterocycles. The lowest BCUT2D eigenvalue weighted by Crippen LogP contribution is -2.47. The third-order valence-electron chi connectivity index (χ3n) is 3.30. The minimum absolute atomic E-state index is 0.0251. The van der Waals surface area contributed by atoms with Gasteiger partial charge in [-0.25, -0.2) is 24.4 Å². The Bertz CT molecular complexity index is 590. The lowest BCUT2D eigenvalue weighted by atomic mass is 10.1. The highest BCUT2D eigenvalue weighted by Gasteiger charge is 2.28. The normalized spacial score (nSPS) is 11.6. The van der Waals surface area contributed by atoms with Gasteiger partial charge in [0.2, 0.25) is 6.10 Å². The van der Waals surface area contributed by atoms with Crippen LogP contribution in [0.1, 0.15) is 19.4 Å². The van der Waals surface area contributed by atoms with Gasteiger partial charge >= 0.3 is 18.2 Å². The van der Waals surface area contributed by atoms with Gasteiger partial charge in [0.1, 0.15) is 0 Å². The molecule has 0 aliphatic heterocycles. The van der Waals surface area contributed by atoms with Crippen LogP contribution in [0.25, 0.3) is 0 Å². The predicted octanol–water partition coefficient (Wildman–Crippen LogP) is 2.39. The first-order valence-corrected chi connectivity index (χ1v) is 7.83. The molecule has 0 fully saturated rings. The molecule has 0 aliphatic rings. The molecule has 0 aliphatic carbocycles. The van der Waals surface area contributed by atoms with Crippen molar-refractivity contribution in [3.63, 3.8) is 0 Å². The summed E-state index contributed by atoms with van der Waals surface area (Å²) in [5, 5.41) is 11.0. The van der Waals surface area contributed by atoms with Crippen molar-refractivity contribution in [3.05, 3.63) is 35.9 Å². The molecule has 0 bridgehead atoms. The first-order chi connectivity index (χ1) is 11.7. The Labute approximate surface area is 146 Å². The van der Waals surface area contributed by atoms with Gasteiger partial charge in [-0.05, 0) is 11.5 Å². The number of hydrazine groups is 1. The van der Waals surface area contributed by atoms with E-state index in [0.29, 0.717) is 0 Å². The Balaban J connectivity index is 2.66. The van der Waals surface area contributed by atoms with E-state index < -0.39 is 24.3 Å². The number of nitrogens with zero attached hydrogens (tertiary/aromatic N) is 2. The second-order valence-electron chi connectivity index (χ2n) is 5.92. The SMILES string of the molecule is CC(C)COC(=O)N(C)N(C)C(=O)O[C@@H](Cc1ccccc1)C(=O)O. The van der Waals surface area contributed by atoms with Gasteiger partial charge in [-0.15, -0.1) is 0 Å². The Hall–Kier alpha value is -2.77. The average Bonchev–Trinajstić information content (AvgIpc) is 2.58. The summed E-state index contributed by atoms with van der Waals surface area (Å²) in [6.45, 7) is 3.97. The van der Waals surface area contributed by atoms with Crippen LogP contribution >= 0.6 is 0 Å². The molecule has 1 aromatic rings. The van der Waals surface area contributed by atoms with Crippen LogP contribution in [0.2, 0.25) is 0 Å². The predicted molar refractivity (Wildman–Crippen MR) is 89.8 cm³/mol. The second-order valence-corrected chi connectivity index (χ2v) is 5.92. The number of ether oxygens (including phenoxy) is 2. The Morgan fingerprint density at radius 1 is 1.04 bits per heavy atom. The Morgan fingerprint density at radius 3 is 2.12 bits per heavy atom. The van der Waals surface area contributed by atoms with Gasteiger partial charge < -0.3 is 14.6 Å². The summed E-state index contributed by atoms with van der Waals surface area (Å²) in [6.07, 6.45) is -3.04. The van der Waals surface area contributed by atoms with Crippen LogP contribution in [0.3, 0.4) is 0 Å². The van der Waals surface area contributed by atoms with Crippen molar-refractivity contribution in [2.45, 2.75) is 26.4 Å². The molecule has 1 rings (SSSR count). The van der Waals surface area contributed by atoms with Crippen molar-refractivity contribution in [2.24, 2.45) is 5.92 Å². The van der Waals surface area contributed by atoms with Crippen molar-refractivity contribution in [1.29, 1.82) is 0 Å².